The van der Waals surface area contributed by atoms with Crippen LogP contribution in [-0.4, -0.2) is 112 Å². The molecule has 2 bridgehead atoms. The summed E-state index contributed by atoms with van der Waals surface area (Å²) in [6, 6.07) is 26.1. The zero-order valence-corrected chi connectivity index (χ0v) is 45.0. The average Bonchev–Trinajstić information content (AvgIpc) is 3.76. The van der Waals surface area contributed by atoms with Gasteiger partial charge in [0.15, 0.2) is 0 Å². The van der Waals surface area contributed by atoms with Crippen LogP contribution in [0.15, 0.2) is 96.5 Å². The monoisotopic (exact) mass is 1070 g/mol. The van der Waals surface area contributed by atoms with E-state index in [1.165, 1.54) is 23.5 Å². The van der Waals surface area contributed by atoms with Gasteiger partial charge in [0.25, 0.3) is 5.91 Å². The molecule has 404 valence electrons. The van der Waals surface area contributed by atoms with Crippen LogP contribution in [0.2, 0.25) is 0 Å². The Morgan fingerprint density at radius 1 is 0.857 bits per heavy atom. The Hall–Kier alpha value is -6.53. The van der Waals surface area contributed by atoms with Gasteiger partial charge in [0.05, 0.1) is 41.9 Å². The van der Waals surface area contributed by atoms with Crippen LogP contribution in [0.25, 0.3) is 21.6 Å². The Bertz CT molecular complexity index is 3070. The molecular weight excluding hydrogens is 998 g/mol. The van der Waals surface area contributed by atoms with Gasteiger partial charge in [-0.15, -0.1) is 11.3 Å². The first-order chi connectivity index (χ1) is 36.9. The SMILES string of the molecule is Cc1ncsc1-c1ccc(CNC(=O)[C@@H]2C[C@@H](O)CN2C(=O)[C@@H](NC(=O)CCOCCOc2ccc(-c3ccc(C(=O)NC45CC6CC7CC(NCC(=O)N8Cc9ccc(F)cc9C8)(C4)CC765)cc3)cc2)C(C)(C)C)cc1. The van der Waals surface area contributed by atoms with Crippen molar-refractivity contribution in [1.29, 1.82) is 0 Å². The number of carbonyl (C=O) groups excluding carboxylic acids is 5. The molecule has 6 aliphatic rings. The number of ether oxygens (including phenoxy) is 2. The van der Waals surface area contributed by atoms with Crippen molar-refractivity contribution >= 4 is 40.9 Å². The predicted octanol–water partition coefficient (Wildman–Crippen LogP) is 7.08. The zero-order valence-electron chi connectivity index (χ0n) is 44.2. The van der Waals surface area contributed by atoms with E-state index in [2.05, 4.69) is 26.3 Å². The van der Waals surface area contributed by atoms with E-state index in [0.717, 1.165) is 69.6 Å². The summed E-state index contributed by atoms with van der Waals surface area (Å²) in [5, 5.41) is 23.7. The lowest BCUT2D eigenvalue weighted by Crippen LogP contribution is -2.77. The van der Waals surface area contributed by atoms with Gasteiger partial charge in [-0.05, 0) is 126 Å². The molecule has 1 saturated heterocycles. The summed E-state index contributed by atoms with van der Waals surface area (Å²) in [4.78, 5) is 76.7. The molecule has 3 heterocycles. The van der Waals surface area contributed by atoms with Crippen molar-refractivity contribution in [1.82, 2.24) is 36.1 Å². The molecule has 5 unspecified atom stereocenters. The summed E-state index contributed by atoms with van der Waals surface area (Å²) in [6.45, 7) is 9.51. The molecule has 1 spiro atoms. The lowest BCUT2D eigenvalue weighted by atomic mass is 9.35. The quantitative estimate of drug-likeness (QED) is 0.0535. The van der Waals surface area contributed by atoms with Crippen LogP contribution in [0.5, 0.6) is 5.75 Å². The van der Waals surface area contributed by atoms with E-state index >= 15 is 0 Å². The van der Waals surface area contributed by atoms with Crippen molar-refractivity contribution in [2.75, 3.05) is 32.9 Å². The van der Waals surface area contributed by atoms with Crippen molar-refractivity contribution in [3.63, 3.8) is 0 Å². The van der Waals surface area contributed by atoms with Gasteiger partial charge < -0.3 is 45.6 Å². The number of aromatic nitrogens is 1. The third kappa shape index (κ3) is 10.2. The van der Waals surface area contributed by atoms with Gasteiger partial charge in [-0.3, -0.25) is 24.0 Å². The number of nitrogens with zero attached hydrogens (tertiary/aromatic N) is 3. The van der Waals surface area contributed by atoms with E-state index in [0.29, 0.717) is 36.2 Å². The van der Waals surface area contributed by atoms with Gasteiger partial charge in [0.2, 0.25) is 23.6 Å². The largest absolute Gasteiger partial charge is 0.491 e. The first-order valence-corrected chi connectivity index (χ1v) is 27.9. The second kappa shape index (κ2) is 20.7. The van der Waals surface area contributed by atoms with E-state index in [1.54, 1.807) is 22.3 Å². The molecule has 5 fully saturated rings. The van der Waals surface area contributed by atoms with Crippen molar-refractivity contribution in [2.45, 2.75) is 122 Å². The number of β-amino-alcohol motifs (C(OH)–C–C–N with tert-alkyl or cyclic N) is 1. The number of hydrogen-bond acceptors (Lipinski definition) is 11. The fraction of sp³-hybridized carbons (Fsp3) is 0.467. The molecule has 5 aromatic rings. The number of amides is 5. The first-order valence-electron chi connectivity index (χ1n) is 27.0. The number of rotatable bonds is 19. The van der Waals surface area contributed by atoms with Crippen LogP contribution in [0, 0.1) is 35.4 Å². The molecule has 15 nitrogen and oxygen atoms in total. The molecule has 5 N–H and O–H groups in total. The molecule has 4 aliphatic carbocycles. The number of halogens is 1. The first kappa shape index (κ1) is 52.5. The lowest BCUT2D eigenvalue weighted by molar-refractivity contribution is -0.202. The van der Waals surface area contributed by atoms with Crippen molar-refractivity contribution in [2.24, 2.45) is 22.7 Å². The topological polar surface area (TPSA) is 192 Å². The third-order valence-electron chi connectivity index (χ3n) is 17.6. The molecule has 4 saturated carbocycles. The smallest absolute Gasteiger partial charge is 0.251 e. The van der Waals surface area contributed by atoms with E-state index in [1.807, 2.05) is 106 Å². The van der Waals surface area contributed by atoms with Crippen molar-refractivity contribution in [3.05, 3.63) is 130 Å². The Balaban J connectivity index is 0.603. The molecule has 1 aromatic heterocycles. The van der Waals surface area contributed by atoms with Crippen LogP contribution >= 0.6 is 11.3 Å². The summed E-state index contributed by atoms with van der Waals surface area (Å²) in [6.07, 6.45) is 4.23. The fourth-order valence-corrected chi connectivity index (χ4v) is 14.7. The lowest BCUT2D eigenvalue weighted by Gasteiger charge is -2.72. The van der Waals surface area contributed by atoms with Crippen LogP contribution in [0.4, 0.5) is 4.39 Å². The normalized spacial score (nSPS) is 25.8. The highest BCUT2D eigenvalue weighted by molar-refractivity contribution is 7.13. The Morgan fingerprint density at radius 2 is 1.57 bits per heavy atom. The van der Waals surface area contributed by atoms with E-state index in [-0.39, 0.29) is 98.2 Å². The Morgan fingerprint density at radius 3 is 2.29 bits per heavy atom. The van der Waals surface area contributed by atoms with E-state index in [9.17, 15) is 33.5 Å². The molecule has 8 atom stereocenters. The van der Waals surface area contributed by atoms with Crippen molar-refractivity contribution < 1.29 is 42.9 Å². The molecular formula is C60H68FN7O8S. The standard InChI is InChI=1S/C60H68FN7O8S/c1-36-52(77-35-63-36)40-7-5-37(6-8-40)28-62-55(73)49-25-47(69)32-68(49)56(74)53(57(2,3)4)65-50(70)19-20-75-21-22-76-48-17-14-39(15-18-48)38-9-11-41(12-10-38)54(72)66-59-27-45-24-44-26-58(33-59,34-60(44,45)59)64-29-51(71)67-30-42-13-16-46(61)23-43(42)31-67/h5-18,23,35,44-45,47,49,53,64,69H,19-22,24-34H2,1-4H3,(H,62,73)(H,65,70)(H,66,72)/t44?,45?,47-,49+,53-,58?,59?,60?/m1/s1. The van der Waals surface area contributed by atoms with Crippen LogP contribution in [0.1, 0.15) is 98.5 Å². The number of aryl methyl sites for hydroxylation is 1. The van der Waals surface area contributed by atoms with Gasteiger partial charge in [0, 0.05) is 61.1 Å². The summed E-state index contributed by atoms with van der Waals surface area (Å²) in [5.41, 5.74) is 8.07. The third-order valence-corrected chi connectivity index (χ3v) is 18.6. The maximum Gasteiger partial charge on any atom is 0.251 e. The second-order valence-corrected chi connectivity index (χ2v) is 24.4. The highest BCUT2D eigenvalue weighted by Gasteiger charge is 2.84. The number of aliphatic hydroxyl groups is 1. The molecule has 11 rings (SSSR count). The number of thiazole rings is 1. The number of aliphatic hydroxyl groups excluding tert-OH is 1. The minimum Gasteiger partial charge on any atom is -0.491 e. The van der Waals surface area contributed by atoms with Crippen molar-refractivity contribution in [3.8, 4) is 27.3 Å². The highest BCUT2D eigenvalue weighted by atomic mass is 32.1. The van der Waals surface area contributed by atoms with Gasteiger partial charge in [-0.25, -0.2) is 9.37 Å². The number of nitrogens with one attached hydrogen (secondary N) is 4. The second-order valence-electron chi connectivity index (χ2n) is 23.5. The molecule has 2 aliphatic heterocycles. The average molecular weight is 1070 g/mol. The summed E-state index contributed by atoms with van der Waals surface area (Å²) in [7, 11) is 0. The molecule has 0 radical (unpaired) electrons. The minimum absolute atomic E-state index is 0.00850. The zero-order chi connectivity index (χ0) is 53.9. The van der Waals surface area contributed by atoms with E-state index < -0.39 is 29.5 Å². The summed E-state index contributed by atoms with van der Waals surface area (Å²) in [5.74, 6) is 0.313. The fourth-order valence-electron chi connectivity index (χ4n) is 13.9. The molecule has 77 heavy (non-hydrogen) atoms. The number of hydrogen-bond donors (Lipinski definition) is 5. The van der Waals surface area contributed by atoms with Crippen LogP contribution < -0.4 is 26.0 Å². The maximum atomic E-state index is 14.1. The molecule has 4 aromatic carbocycles. The summed E-state index contributed by atoms with van der Waals surface area (Å²) >= 11 is 1.57. The van der Waals surface area contributed by atoms with Gasteiger partial charge in [-0.2, -0.15) is 0 Å². The number of fused-ring (bicyclic) bond motifs is 2. The van der Waals surface area contributed by atoms with Gasteiger partial charge in [0.1, 0.15) is 30.3 Å². The van der Waals surface area contributed by atoms with Crippen LogP contribution in [-0.2, 0) is 43.5 Å². The van der Waals surface area contributed by atoms with Gasteiger partial charge >= 0.3 is 0 Å². The van der Waals surface area contributed by atoms with Gasteiger partial charge in [-0.1, -0.05) is 75.4 Å². The Labute approximate surface area is 452 Å². The molecule has 5 amide bonds. The van der Waals surface area contributed by atoms with E-state index in [4.69, 9.17) is 9.47 Å². The minimum atomic E-state index is -0.946. The predicted molar refractivity (Wildman–Crippen MR) is 289 cm³/mol. The number of likely N-dealkylation sites (tertiary alicyclic amines) is 1. The number of benzene rings is 4. The van der Waals surface area contributed by atoms with Crippen LogP contribution in [0.3, 0.4) is 0 Å². The number of carbonyl (C=O) groups is 5. The molecule has 17 heteroatoms. The Kier molecular flexibility index (Phi) is 14.1. The maximum absolute atomic E-state index is 14.1. The summed E-state index contributed by atoms with van der Waals surface area (Å²) < 4.78 is 25.5. The highest BCUT2D eigenvalue weighted by Crippen LogP contribution is 2.83.